The lowest BCUT2D eigenvalue weighted by molar-refractivity contribution is -0.133. The standard InChI is InChI=1S/C28H41FO2/c1-27-15-13-21(30)17-19(27)6-9-22-23-10-11-25(28(23,2)16-14-24(22)27)26(31)12-5-18-3-7-20(29)8-4-18/h3-4,7-8,19,21-26,30-31H,5-6,9-17H2,1-2H3/t19-,21-,22-,23-,24-,25+,26?,27-,28-/m0/s1. The third kappa shape index (κ3) is 3.68. The van der Waals surface area contributed by atoms with E-state index in [9.17, 15) is 14.6 Å². The summed E-state index contributed by atoms with van der Waals surface area (Å²) < 4.78 is 13.2. The molecule has 0 saturated heterocycles. The summed E-state index contributed by atoms with van der Waals surface area (Å²) in [6, 6.07) is 6.76. The molecule has 2 nitrogen and oxygen atoms in total. The van der Waals surface area contributed by atoms with Gasteiger partial charge in [0.15, 0.2) is 0 Å². The second kappa shape index (κ2) is 8.13. The van der Waals surface area contributed by atoms with E-state index in [0.29, 0.717) is 17.3 Å². The van der Waals surface area contributed by atoms with E-state index in [4.69, 9.17) is 0 Å². The number of aryl methyl sites for hydroxylation is 1. The molecule has 31 heavy (non-hydrogen) atoms. The Morgan fingerprint density at radius 3 is 2.42 bits per heavy atom. The monoisotopic (exact) mass is 428 g/mol. The fourth-order valence-electron chi connectivity index (χ4n) is 9.07. The maximum atomic E-state index is 13.2. The zero-order chi connectivity index (χ0) is 21.8. The summed E-state index contributed by atoms with van der Waals surface area (Å²) in [5.41, 5.74) is 1.80. The fraction of sp³-hybridized carbons (Fsp3) is 0.786. The van der Waals surface area contributed by atoms with Crippen LogP contribution in [0.4, 0.5) is 4.39 Å². The van der Waals surface area contributed by atoms with Crippen molar-refractivity contribution in [3.8, 4) is 0 Å². The number of hydrogen-bond acceptors (Lipinski definition) is 2. The molecule has 4 aliphatic rings. The first-order valence-corrected chi connectivity index (χ1v) is 12.9. The zero-order valence-corrected chi connectivity index (χ0v) is 19.4. The van der Waals surface area contributed by atoms with Crippen molar-refractivity contribution in [1.82, 2.24) is 0 Å². The third-order valence-electron chi connectivity index (χ3n) is 10.8. The molecule has 5 rings (SSSR count). The van der Waals surface area contributed by atoms with Gasteiger partial charge < -0.3 is 10.2 Å². The number of halogens is 1. The van der Waals surface area contributed by atoms with Crippen molar-refractivity contribution in [3.05, 3.63) is 35.6 Å². The Hall–Kier alpha value is -0.930. The summed E-state index contributed by atoms with van der Waals surface area (Å²) in [6.07, 6.45) is 12.1. The number of rotatable bonds is 4. The predicted octanol–water partition coefficient (Wildman–Crippen LogP) is 6.14. The largest absolute Gasteiger partial charge is 0.393 e. The summed E-state index contributed by atoms with van der Waals surface area (Å²) in [7, 11) is 0. The van der Waals surface area contributed by atoms with E-state index < -0.39 is 0 Å². The third-order valence-corrected chi connectivity index (χ3v) is 10.8. The summed E-state index contributed by atoms with van der Waals surface area (Å²) in [5, 5.41) is 21.5. The van der Waals surface area contributed by atoms with Crippen LogP contribution in [0.25, 0.3) is 0 Å². The quantitative estimate of drug-likeness (QED) is 0.605. The van der Waals surface area contributed by atoms with Crippen molar-refractivity contribution < 1.29 is 14.6 Å². The van der Waals surface area contributed by atoms with Gasteiger partial charge in [0.2, 0.25) is 0 Å². The van der Waals surface area contributed by atoms with Crippen LogP contribution in [0.1, 0.15) is 83.6 Å². The average Bonchev–Trinajstić information content (AvgIpc) is 3.11. The molecule has 9 atom stereocenters. The van der Waals surface area contributed by atoms with Crippen molar-refractivity contribution in [2.24, 2.45) is 40.4 Å². The second-order valence-corrected chi connectivity index (χ2v) is 12.0. The highest BCUT2D eigenvalue weighted by Gasteiger charge is 2.60. The molecule has 3 heteroatoms. The second-order valence-electron chi connectivity index (χ2n) is 12.0. The highest BCUT2D eigenvalue weighted by molar-refractivity contribution is 5.16. The van der Waals surface area contributed by atoms with Crippen molar-refractivity contribution in [3.63, 3.8) is 0 Å². The van der Waals surface area contributed by atoms with Crippen molar-refractivity contribution in [2.75, 3.05) is 0 Å². The number of aliphatic hydroxyl groups is 2. The number of benzene rings is 1. The molecule has 172 valence electrons. The Kier molecular flexibility index (Phi) is 5.74. The van der Waals surface area contributed by atoms with Crippen molar-refractivity contribution >= 4 is 0 Å². The summed E-state index contributed by atoms with van der Waals surface area (Å²) >= 11 is 0. The van der Waals surface area contributed by atoms with Gasteiger partial charge in [-0.15, -0.1) is 0 Å². The predicted molar refractivity (Wildman–Crippen MR) is 122 cm³/mol. The molecule has 1 aromatic rings. The van der Waals surface area contributed by atoms with Gasteiger partial charge in [0.1, 0.15) is 5.82 Å². The minimum atomic E-state index is -0.256. The van der Waals surface area contributed by atoms with E-state index in [1.807, 2.05) is 12.1 Å². The molecule has 0 aromatic heterocycles. The smallest absolute Gasteiger partial charge is 0.123 e. The summed E-state index contributed by atoms with van der Waals surface area (Å²) in [6.45, 7) is 5.04. The van der Waals surface area contributed by atoms with Crippen LogP contribution in [0, 0.1) is 46.2 Å². The van der Waals surface area contributed by atoms with Crippen LogP contribution >= 0.6 is 0 Å². The Bertz CT molecular complexity index is 778. The van der Waals surface area contributed by atoms with Crippen LogP contribution in [0.2, 0.25) is 0 Å². The van der Waals surface area contributed by atoms with Crippen LogP contribution < -0.4 is 0 Å². The molecule has 1 unspecified atom stereocenters. The molecule has 0 spiro atoms. The molecule has 1 aromatic carbocycles. The van der Waals surface area contributed by atoms with Gasteiger partial charge in [0.25, 0.3) is 0 Å². The first kappa shape index (κ1) is 21.9. The first-order valence-electron chi connectivity index (χ1n) is 12.9. The molecule has 4 saturated carbocycles. The van der Waals surface area contributed by atoms with E-state index in [2.05, 4.69) is 13.8 Å². The Morgan fingerprint density at radius 1 is 0.935 bits per heavy atom. The molecule has 4 fully saturated rings. The summed E-state index contributed by atoms with van der Waals surface area (Å²) in [5.74, 6) is 3.29. The van der Waals surface area contributed by atoms with Gasteiger partial charge in [-0.05, 0) is 129 Å². The minimum absolute atomic E-state index is 0.0735. The van der Waals surface area contributed by atoms with Crippen LogP contribution in [0.15, 0.2) is 24.3 Å². The Morgan fingerprint density at radius 2 is 1.65 bits per heavy atom. The number of fused-ring (bicyclic) bond motifs is 5. The maximum Gasteiger partial charge on any atom is 0.123 e. The van der Waals surface area contributed by atoms with E-state index in [-0.39, 0.29) is 23.4 Å². The maximum absolute atomic E-state index is 13.2. The Labute approximate surface area is 187 Å². The van der Waals surface area contributed by atoms with Crippen LogP contribution in [-0.4, -0.2) is 22.4 Å². The SMILES string of the molecule is C[C@]12CC[C@H](O)C[C@@H]1CC[C@@H]1[C@@H]2CC[C@]2(C)[C@@H](C(O)CCc3ccc(F)cc3)CC[C@@H]12. The molecule has 0 amide bonds. The average molecular weight is 429 g/mol. The zero-order valence-electron chi connectivity index (χ0n) is 19.4. The van der Waals surface area contributed by atoms with Gasteiger partial charge in [0, 0.05) is 0 Å². The van der Waals surface area contributed by atoms with Gasteiger partial charge in [0.05, 0.1) is 12.2 Å². The molecule has 4 aliphatic carbocycles. The molecule has 0 bridgehead atoms. The van der Waals surface area contributed by atoms with Crippen molar-refractivity contribution in [1.29, 1.82) is 0 Å². The molecule has 0 radical (unpaired) electrons. The van der Waals surface area contributed by atoms with Gasteiger partial charge in [-0.1, -0.05) is 26.0 Å². The van der Waals surface area contributed by atoms with E-state index in [0.717, 1.165) is 55.4 Å². The molecule has 0 aliphatic heterocycles. The van der Waals surface area contributed by atoms with E-state index in [1.165, 1.54) is 50.7 Å². The van der Waals surface area contributed by atoms with Crippen LogP contribution in [-0.2, 0) is 6.42 Å². The van der Waals surface area contributed by atoms with Gasteiger partial charge in [-0.2, -0.15) is 0 Å². The molecule has 0 heterocycles. The first-order chi connectivity index (χ1) is 14.8. The fourth-order valence-corrected chi connectivity index (χ4v) is 9.07. The summed E-state index contributed by atoms with van der Waals surface area (Å²) in [4.78, 5) is 0. The normalized spacial score (nSPS) is 45.5. The van der Waals surface area contributed by atoms with Crippen LogP contribution in [0.5, 0.6) is 0 Å². The Balaban J connectivity index is 1.28. The van der Waals surface area contributed by atoms with E-state index in [1.54, 1.807) is 0 Å². The van der Waals surface area contributed by atoms with Crippen molar-refractivity contribution in [2.45, 2.75) is 96.7 Å². The number of hydrogen-bond donors (Lipinski definition) is 2. The minimum Gasteiger partial charge on any atom is -0.393 e. The topological polar surface area (TPSA) is 40.5 Å². The molecular weight excluding hydrogens is 387 g/mol. The lowest BCUT2D eigenvalue weighted by Crippen LogP contribution is -2.54. The molecule has 2 N–H and O–H groups in total. The lowest BCUT2D eigenvalue weighted by Gasteiger charge is -2.61. The van der Waals surface area contributed by atoms with Crippen LogP contribution in [0.3, 0.4) is 0 Å². The highest BCUT2D eigenvalue weighted by Crippen LogP contribution is 2.67. The lowest BCUT2D eigenvalue weighted by atomic mass is 9.44. The van der Waals surface area contributed by atoms with Gasteiger partial charge in [-0.25, -0.2) is 4.39 Å². The molecular formula is C28H41FO2. The van der Waals surface area contributed by atoms with Gasteiger partial charge >= 0.3 is 0 Å². The number of aliphatic hydroxyl groups excluding tert-OH is 2. The van der Waals surface area contributed by atoms with Gasteiger partial charge in [-0.3, -0.25) is 0 Å². The highest BCUT2D eigenvalue weighted by atomic mass is 19.1. The van der Waals surface area contributed by atoms with E-state index >= 15 is 0 Å².